The quantitative estimate of drug-likeness (QED) is 0.435. The van der Waals surface area contributed by atoms with Gasteiger partial charge < -0.3 is 0 Å². The molecule has 0 saturated carbocycles. The Morgan fingerprint density at radius 3 is 1.67 bits per heavy atom. The van der Waals surface area contributed by atoms with Crippen LogP contribution in [0.15, 0.2) is 46.5 Å². The first-order valence-corrected chi connectivity index (χ1v) is 11.0. The van der Waals surface area contributed by atoms with Gasteiger partial charge in [-0.1, -0.05) is 101 Å². The highest BCUT2D eigenvalue weighted by atomic mass is 16.1. The zero-order valence-electron chi connectivity index (χ0n) is 21.2. The molecule has 0 radical (unpaired) electrons. The summed E-state index contributed by atoms with van der Waals surface area (Å²) in [4.78, 5) is 18.5. The molecule has 1 aromatic carbocycles. The second kappa shape index (κ2) is 7.62. The van der Waals surface area contributed by atoms with Gasteiger partial charge in [0.05, 0.1) is 5.69 Å². The summed E-state index contributed by atoms with van der Waals surface area (Å²) in [5.41, 5.74) is 5.48. The molecular weight excluding hydrogens is 366 g/mol. The van der Waals surface area contributed by atoms with Crippen LogP contribution in [0.5, 0.6) is 0 Å². The standard InChI is InChI=1S/C28H41NO/c1-25(2,3)18-13-14-20(27(7,8)9)22(16-18)29-23-17-19(26(4,5)6)15-21(24(23)30)28(10,11)12/h13-17H,1-12H3. The third kappa shape index (κ3) is 5.39. The van der Waals surface area contributed by atoms with Gasteiger partial charge in [-0.15, -0.1) is 0 Å². The van der Waals surface area contributed by atoms with E-state index >= 15 is 0 Å². The maximum Gasteiger partial charge on any atom is 0.207 e. The van der Waals surface area contributed by atoms with Crippen LogP contribution >= 0.6 is 0 Å². The molecule has 164 valence electrons. The van der Waals surface area contributed by atoms with Gasteiger partial charge in [-0.2, -0.15) is 0 Å². The number of hydrogen-bond acceptors (Lipinski definition) is 2. The summed E-state index contributed by atoms with van der Waals surface area (Å²) < 4.78 is 0. The van der Waals surface area contributed by atoms with Crippen molar-refractivity contribution in [1.82, 2.24) is 0 Å². The Labute approximate surface area is 184 Å². The summed E-state index contributed by atoms with van der Waals surface area (Å²) >= 11 is 0. The van der Waals surface area contributed by atoms with E-state index in [1.165, 1.54) is 5.56 Å². The van der Waals surface area contributed by atoms with Crippen molar-refractivity contribution in [3.8, 4) is 0 Å². The third-order valence-corrected chi connectivity index (χ3v) is 5.66. The molecule has 2 heteroatoms. The van der Waals surface area contributed by atoms with Crippen molar-refractivity contribution in [1.29, 1.82) is 0 Å². The van der Waals surface area contributed by atoms with Crippen LogP contribution in [0.25, 0.3) is 0 Å². The van der Waals surface area contributed by atoms with Crippen molar-refractivity contribution in [3.05, 3.63) is 52.6 Å². The van der Waals surface area contributed by atoms with E-state index in [1.54, 1.807) is 0 Å². The average molecular weight is 408 g/mol. The van der Waals surface area contributed by atoms with E-state index in [0.29, 0.717) is 5.71 Å². The Bertz CT molecular complexity index is 927. The van der Waals surface area contributed by atoms with Crippen LogP contribution in [-0.2, 0) is 15.6 Å². The highest BCUT2D eigenvalue weighted by Crippen LogP contribution is 2.39. The van der Waals surface area contributed by atoms with Crippen LogP contribution in [-0.4, -0.2) is 11.5 Å². The summed E-state index contributed by atoms with van der Waals surface area (Å²) in [5, 5.41) is 0. The lowest BCUT2D eigenvalue weighted by molar-refractivity contribution is -0.110. The zero-order valence-corrected chi connectivity index (χ0v) is 21.2. The van der Waals surface area contributed by atoms with E-state index in [1.807, 2.05) is 6.08 Å². The molecule has 1 aromatic rings. The number of hydrogen-bond donors (Lipinski definition) is 0. The molecule has 2 nitrogen and oxygen atoms in total. The fourth-order valence-corrected chi connectivity index (χ4v) is 3.54. The Balaban J connectivity index is 2.78. The first kappa shape index (κ1) is 24.3. The molecule has 0 heterocycles. The molecule has 1 aliphatic carbocycles. The summed E-state index contributed by atoms with van der Waals surface area (Å²) in [6, 6.07) is 6.55. The largest absolute Gasteiger partial charge is 0.287 e. The highest BCUT2D eigenvalue weighted by Gasteiger charge is 2.33. The summed E-state index contributed by atoms with van der Waals surface area (Å²) in [6.07, 6.45) is 4.07. The second-order valence-corrected chi connectivity index (χ2v) is 12.7. The van der Waals surface area contributed by atoms with Crippen molar-refractivity contribution in [2.45, 2.75) is 93.9 Å². The molecule has 30 heavy (non-hydrogen) atoms. The molecule has 0 fully saturated rings. The van der Waals surface area contributed by atoms with Gasteiger partial charge in [-0.25, -0.2) is 4.99 Å². The number of allylic oxidation sites excluding steroid dienone is 4. The van der Waals surface area contributed by atoms with Gasteiger partial charge in [0.15, 0.2) is 0 Å². The molecule has 0 unspecified atom stereocenters. The van der Waals surface area contributed by atoms with Crippen LogP contribution in [0.4, 0.5) is 5.69 Å². The number of nitrogens with zero attached hydrogens (tertiary/aromatic N) is 1. The van der Waals surface area contributed by atoms with Crippen molar-refractivity contribution in [2.75, 3.05) is 0 Å². The molecule has 0 atom stereocenters. The van der Waals surface area contributed by atoms with Crippen molar-refractivity contribution < 1.29 is 4.79 Å². The minimum absolute atomic E-state index is 0.0187. The van der Waals surface area contributed by atoms with Gasteiger partial charge in [-0.05, 0) is 50.5 Å². The van der Waals surface area contributed by atoms with Crippen LogP contribution in [0.3, 0.4) is 0 Å². The minimum atomic E-state index is -0.233. The highest BCUT2D eigenvalue weighted by molar-refractivity contribution is 6.51. The minimum Gasteiger partial charge on any atom is -0.287 e. The van der Waals surface area contributed by atoms with Crippen molar-refractivity contribution >= 4 is 17.2 Å². The van der Waals surface area contributed by atoms with Gasteiger partial charge in [-0.3, -0.25) is 4.79 Å². The van der Waals surface area contributed by atoms with E-state index < -0.39 is 0 Å². The summed E-state index contributed by atoms with van der Waals surface area (Å²) in [6.45, 7) is 26.1. The van der Waals surface area contributed by atoms with Crippen LogP contribution in [0, 0.1) is 10.8 Å². The number of ketones is 1. The molecule has 0 amide bonds. The lowest BCUT2D eigenvalue weighted by Gasteiger charge is -2.30. The summed E-state index contributed by atoms with van der Waals surface area (Å²) in [5.74, 6) is 0.0384. The topological polar surface area (TPSA) is 29.4 Å². The number of carbonyl (C=O) groups excluding carboxylic acids is 1. The Hall–Kier alpha value is -1.96. The fourth-order valence-electron chi connectivity index (χ4n) is 3.54. The van der Waals surface area contributed by atoms with Gasteiger partial charge in [0, 0.05) is 5.57 Å². The van der Waals surface area contributed by atoms with E-state index in [2.05, 4.69) is 107 Å². The number of aliphatic imine (C=N–C) groups is 1. The number of Topliss-reactive ketones (excluding diaryl/α,β-unsaturated/α-hetero) is 1. The lowest BCUT2D eigenvalue weighted by atomic mass is 9.74. The number of benzene rings is 1. The van der Waals surface area contributed by atoms with Crippen LogP contribution < -0.4 is 0 Å². The molecule has 1 aliphatic rings. The summed E-state index contributed by atoms with van der Waals surface area (Å²) in [7, 11) is 0. The fraction of sp³-hybridized carbons (Fsp3) is 0.571. The molecule has 2 rings (SSSR count). The average Bonchev–Trinajstić information content (AvgIpc) is 2.52. The second-order valence-electron chi connectivity index (χ2n) is 12.7. The SMILES string of the molecule is CC(C)(C)C1=CC(=Nc2cc(C(C)(C)C)ccc2C(C)(C)C)C(=O)C(C(C)(C)C)=C1. The molecule has 0 N–H and O–H groups in total. The van der Waals surface area contributed by atoms with E-state index in [9.17, 15) is 4.79 Å². The van der Waals surface area contributed by atoms with Gasteiger partial charge in [0.25, 0.3) is 0 Å². The molecule has 0 aromatic heterocycles. The molecule has 0 aliphatic heterocycles. The molecule has 0 bridgehead atoms. The zero-order chi connectivity index (χ0) is 23.3. The van der Waals surface area contributed by atoms with E-state index in [-0.39, 0.29) is 27.4 Å². The first-order chi connectivity index (χ1) is 13.3. The van der Waals surface area contributed by atoms with Gasteiger partial charge in [0.1, 0.15) is 5.71 Å². The lowest BCUT2D eigenvalue weighted by Crippen LogP contribution is -2.29. The Morgan fingerprint density at radius 2 is 1.23 bits per heavy atom. The van der Waals surface area contributed by atoms with Gasteiger partial charge in [0.2, 0.25) is 5.78 Å². The predicted octanol–water partition coefficient (Wildman–Crippen LogP) is 7.88. The Morgan fingerprint density at radius 1 is 0.667 bits per heavy atom. The normalized spacial score (nSPS) is 17.9. The smallest absolute Gasteiger partial charge is 0.207 e. The van der Waals surface area contributed by atoms with E-state index in [0.717, 1.165) is 22.4 Å². The first-order valence-electron chi connectivity index (χ1n) is 11.0. The Kier molecular flexibility index (Phi) is 6.18. The van der Waals surface area contributed by atoms with E-state index in [4.69, 9.17) is 4.99 Å². The van der Waals surface area contributed by atoms with Crippen LogP contribution in [0.2, 0.25) is 0 Å². The maximum atomic E-state index is 13.4. The van der Waals surface area contributed by atoms with Gasteiger partial charge >= 0.3 is 0 Å². The van der Waals surface area contributed by atoms with Crippen molar-refractivity contribution in [3.63, 3.8) is 0 Å². The molecule has 0 spiro atoms. The van der Waals surface area contributed by atoms with Crippen molar-refractivity contribution in [2.24, 2.45) is 15.8 Å². The number of rotatable bonds is 1. The predicted molar refractivity (Wildman–Crippen MR) is 131 cm³/mol. The third-order valence-electron chi connectivity index (χ3n) is 5.66. The number of carbonyl (C=O) groups is 1. The maximum absolute atomic E-state index is 13.4. The van der Waals surface area contributed by atoms with Crippen LogP contribution in [0.1, 0.15) is 94.2 Å². The molecular formula is C28H41NO. The monoisotopic (exact) mass is 407 g/mol. The molecule has 0 saturated heterocycles.